The predicted molar refractivity (Wildman–Crippen MR) is 54.3 cm³/mol. The van der Waals surface area contributed by atoms with E-state index < -0.39 is 0 Å². The number of piperidine rings is 1. The molecule has 0 radical (unpaired) electrons. The summed E-state index contributed by atoms with van der Waals surface area (Å²) in [4.78, 5) is 2.59. The van der Waals surface area contributed by atoms with Crippen LogP contribution in [-0.2, 0) is 0 Å². The standard InChI is InChI=1S/C11H21N/c1-3-5-8-12-9-6-11(4-2)7-10-12/h4H,3,5-10H2,1-2H3. The van der Waals surface area contributed by atoms with Crippen LogP contribution in [0.15, 0.2) is 11.6 Å². The Balaban J connectivity index is 2.17. The van der Waals surface area contributed by atoms with Gasteiger partial charge in [-0.05, 0) is 32.7 Å². The van der Waals surface area contributed by atoms with E-state index in [0.717, 1.165) is 0 Å². The van der Waals surface area contributed by atoms with Crippen molar-refractivity contribution in [1.82, 2.24) is 4.90 Å². The van der Waals surface area contributed by atoms with E-state index in [1.807, 2.05) is 0 Å². The average molecular weight is 167 g/mol. The molecule has 70 valence electrons. The highest BCUT2D eigenvalue weighted by Gasteiger charge is 2.11. The molecule has 1 heterocycles. The van der Waals surface area contributed by atoms with Gasteiger partial charge in [-0.25, -0.2) is 0 Å². The fourth-order valence-corrected chi connectivity index (χ4v) is 1.73. The van der Waals surface area contributed by atoms with Crippen LogP contribution >= 0.6 is 0 Å². The van der Waals surface area contributed by atoms with E-state index in [2.05, 4.69) is 24.8 Å². The summed E-state index contributed by atoms with van der Waals surface area (Å²) in [5.74, 6) is 0. The van der Waals surface area contributed by atoms with Crippen LogP contribution < -0.4 is 0 Å². The minimum Gasteiger partial charge on any atom is -0.303 e. The summed E-state index contributed by atoms with van der Waals surface area (Å²) in [6.07, 6.45) is 7.59. The fourth-order valence-electron chi connectivity index (χ4n) is 1.73. The summed E-state index contributed by atoms with van der Waals surface area (Å²) >= 11 is 0. The molecular formula is C11H21N. The first-order valence-corrected chi connectivity index (χ1v) is 5.23. The SMILES string of the molecule is CC=C1CCN(CCCC)CC1. The Labute approximate surface area is 76.5 Å². The van der Waals surface area contributed by atoms with Crippen LogP contribution in [0, 0.1) is 0 Å². The zero-order chi connectivity index (χ0) is 8.81. The Morgan fingerprint density at radius 2 is 2.00 bits per heavy atom. The van der Waals surface area contributed by atoms with Gasteiger partial charge >= 0.3 is 0 Å². The van der Waals surface area contributed by atoms with Gasteiger partial charge in [-0.1, -0.05) is 25.0 Å². The summed E-state index contributed by atoms with van der Waals surface area (Å²) in [5.41, 5.74) is 1.66. The van der Waals surface area contributed by atoms with Gasteiger partial charge in [-0.15, -0.1) is 0 Å². The third-order valence-corrected chi connectivity index (χ3v) is 2.73. The van der Waals surface area contributed by atoms with Crippen LogP contribution in [0.4, 0.5) is 0 Å². The van der Waals surface area contributed by atoms with Crippen molar-refractivity contribution < 1.29 is 0 Å². The molecule has 0 atom stereocenters. The normalized spacial score (nSPS) is 19.7. The lowest BCUT2D eigenvalue weighted by atomic mass is 10.0. The van der Waals surface area contributed by atoms with E-state index in [0.29, 0.717) is 0 Å². The quantitative estimate of drug-likeness (QED) is 0.584. The van der Waals surface area contributed by atoms with Crippen LogP contribution in [0.1, 0.15) is 39.5 Å². The van der Waals surface area contributed by atoms with E-state index in [1.165, 1.54) is 45.3 Å². The summed E-state index contributed by atoms with van der Waals surface area (Å²) in [5, 5.41) is 0. The fraction of sp³-hybridized carbons (Fsp3) is 0.818. The van der Waals surface area contributed by atoms with Gasteiger partial charge in [0.25, 0.3) is 0 Å². The van der Waals surface area contributed by atoms with Gasteiger partial charge < -0.3 is 4.90 Å². The van der Waals surface area contributed by atoms with Crippen molar-refractivity contribution in [2.75, 3.05) is 19.6 Å². The molecule has 1 saturated heterocycles. The molecule has 1 nitrogen and oxygen atoms in total. The molecule has 0 bridgehead atoms. The van der Waals surface area contributed by atoms with Gasteiger partial charge in [-0.2, -0.15) is 0 Å². The molecule has 0 amide bonds. The number of nitrogens with zero attached hydrogens (tertiary/aromatic N) is 1. The van der Waals surface area contributed by atoms with Crippen molar-refractivity contribution in [2.45, 2.75) is 39.5 Å². The van der Waals surface area contributed by atoms with Gasteiger partial charge in [0.05, 0.1) is 0 Å². The number of allylic oxidation sites excluding steroid dienone is 1. The van der Waals surface area contributed by atoms with Crippen molar-refractivity contribution >= 4 is 0 Å². The molecule has 0 aromatic carbocycles. The van der Waals surface area contributed by atoms with Crippen molar-refractivity contribution in [2.24, 2.45) is 0 Å². The summed E-state index contributed by atoms with van der Waals surface area (Å²) in [6, 6.07) is 0. The predicted octanol–water partition coefficient (Wildman–Crippen LogP) is 2.83. The van der Waals surface area contributed by atoms with E-state index >= 15 is 0 Å². The van der Waals surface area contributed by atoms with Crippen LogP contribution in [0.2, 0.25) is 0 Å². The molecule has 0 aromatic rings. The highest BCUT2D eigenvalue weighted by Crippen LogP contribution is 2.15. The molecule has 0 spiro atoms. The van der Waals surface area contributed by atoms with E-state index in [4.69, 9.17) is 0 Å². The molecule has 1 rings (SSSR count). The second-order valence-corrected chi connectivity index (χ2v) is 3.64. The maximum atomic E-state index is 2.59. The molecule has 0 saturated carbocycles. The van der Waals surface area contributed by atoms with Crippen molar-refractivity contribution in [3.05, 3.63) is 11.6 Å². The minimum atomic E-state index is 1.29. The van der Waals surface area contributed by atoms with Crippen LogP contribution in [-0.4, -0.2) is 24.5 Å². The molecule has 0 unspecified atom stereocenters. The molecule has 1 aliphatic rings. The molecule has 12 heavy (non-hydrogen) atoms. The number of unbranched alkanes of at least 4 members (excludes halogenated alkanes) is 1. The van der Waals surface area contributed by atoms with Gasteiger partial charge in [0.15, 0.2) is 0 Å². The summed E-state index contributed by atoms with van der Waals surface area (Å²) < 4.78 is 0. The Morgan fingerprint density at radius 1 is 1.33 bits per heavy atom. The Hall–Kier alpha value is -0.300. The molecule has 1 heteroatoms. The molecule has 1 aliphatic heterocycles. The number of hydrogen-bond donors (Lipinski definition) is 0. The Kier molecular flexibility index (Phi) is 4.37. The second-order valence-electron chi connectivity index (χ2n) is 3.64. The first-order chi connectivity index (χ1) is 5.86. The maximum absolute atomic E-state index is 2.59. The second kappa shape index (κ2) is 5.36. The summed E-state index contributed by atoms with van der Waals surface area (Å²) in [6.45, 7) is 8.32. The van der Waals surface area contributed by atoms with Crippen LogP contribution in [0.5, 0.6) is 0 Å². The van der Waals surface area contributed by atoms with Gasteiger partial charge in [0, 0.05) is 13.1 Å². The van der Waals surface area contributed by atoms with Crippen LogP contribution in [0.3, 0.4) is 0 Å². The Bertz CT molecular complexity index is 139. The van der Waals surface area contributed by atoms with E-state index in [1.54, 1.807) is 5.57 Å². The molecule has 0 aromatic heterocycles. The molecular weight excluding hydrogens is 146 g/mol. The number of hydrogen-bond acceptors (Lipinski definition) is 1. The largest absolute Gasteiger partial charge is 0.303 e. The highest BCUT2D eigenvalue weighted by atomic mass is 15.1. The molecule has 0 aliphatic carbocycles. The van der Waals surface area contributed by atoms with Gasteiger partial charge in [-0.3, -0.25) is 0 Å². The third-order valence-electron chi connectivity index (χ3n) is 2.73. The average Bonchev–Trinajstić information content (AvgIpc) is 2.15. The van der Waals surface area contributed by atoms with E-state index in [9.17, 15) is 0 Å². The van der Waals surface area contributed by atoms with Gasteiger partial charge in [0.1, 0.15) is 0 Å². The van der Waals surface area contributed by atoms with Crippen LogP contribution in [0.25, 0.3) is 0 Å². The van der Waals surface area contributed by atoms with Gasteiger partial charge in [0.2, 0.25) is 0 Å². The number of rotatable bonds is 3. The lowest BCUT2D eigenvalue weighted by Gasteiger charge is -2.27. The minimum absolute atomic E-state index is 1.29. The molecule has 0 N–H and O–H groups in total. The van der Waals surface area contributed by atoms with E-state index in [-0.39, 0.29) is 0 Å². The maximum Gasteiger partial charge on any atom is 0.00187 e. The lowest BCUT2D eigenvalue weighted by Crippen LogP contribution is -2.31. The first kappa shape index (κ1) is 9.79. The van der Waals surface area contributed by atoms with Crippen molar-refractivity contribution in [3.8, 4) is 0 Å². The highest BCUT2D eigenvalue weighted by molar-refractivity contribution is 5.03. The monoisotopic (exact) mass is 167 g/mol. The Morgan fingerprint density at radius 3 is 2.50 bits per heavy atom. The molecule has 1 fully saturated rings. The zero-order valence-electron chi connectivity index (χ0n) is 8.47. The number of likely N-dealkylation sites (tertiary alicyclic amines) is 1. The van der Waals surface area contributed by atoms with Crippen molar-refractivity contribution in [1.29, 1.82) is 0 Å². The zero-order valence-corrected chi connectivity index (χ0v) is 8.47. The lowest BCUT2D eigenvalue weighted by molar-refractivity contribution is 0.252. The van der Waals surface area contributed by atoms with Crippen molar-refractivity contribution in [3.63, 3.8) is 0 Å². The summed E-state index contributed by atoms with van der Waals surface area (Å²) in [7, 11) is 0. The topological polar surface area (TPSA) is 3.24 Å². The smallest absolute Gasteiger partial charge is 0.00187 e. The first-order valence-electron chi connectivity index (χ1n) is 5.23. The third kappa shape index (κ3) is 2.98.